The molecule has 1 aliphatic rings. The molecule has 1 aromatic heterocycles. The van der Waals surface area contributed by atoms with Crippen molar-refractivity contribution in [2.24, 2.45) is 5.92 Å². The molecule has 1 saturated carbocycles. The van der Waals surface area contributed by atoms with Gasteiger partial charge in [0.15, 0.2) is 5.43 Å². The van der Waals surface area contributed by atoms with E-state index in [0.29, 0.717) is 5.92 Å². The number of hydrogen-bond acceptors (Lipinski definition) is 2. The lowest BCUT2D eigenvalue weighted by atomic mass is 9.84. The molecule has 2 rings (SSSR count). The predicted molar refractivity (Wildman–Crippen MR) is 71.4 cm³/mol. The van der Waals surface area contributed by atoms with Crippen LogP contribution in [-0.4, -0.2) is 4.57 Å². The normalized spacial score (nSPS) is 18.3. The minimum atomic E-state index is -0.120. The highest BCUT2D eigenvalue weighted by Crippen LogP contribution is 2.33. The van der Waals surface area contributed by atoms with Crippen molar-refractivity contribution < 1.29 is 0 Å². The lowest BCUT2D eigenvalue weighted by Gasteiger charge is -2.30. The zero-order valence-electron chi connectivity index (χ0n) is 11.1. The van der Waals surface area contributed by atoms with E-state index >= 15 is 0 Å². The van der Waals surface area contributed by atoms with Gasteiger partial charge in [-0.05, 0) is 32.6 Å². The van der Waals surface area contributed by atoms with Crippen molar-refractivity contribution in [3.8, 4) is 6.07 Å². The van der Waals surface area contributed by atoms with Crippen LogP contribution in [0.2, 0.25) is 0 Å². The average molecular weight is 244 g/mol. The first-order chi connectivity index (χ1) is 8.63. The highest BCUT2D eigenvalue weighted by molar-refractivity contribution is 5.16. The second-order valence-electron chi connectivity index (χ2n) is 5.32. The molecule has 0 amide bonds. The molecule has 0 aromatic carbocycles. The first-order valence-electron chi connectivity index (χ1n) is 6.73. The summed E-state index contributed by atoms with van der Waals surface area (Å²) in [5, 5.41) is 9.50. The van der Waals surface area contributed by atoms with Crippen LogP contribution >= 0.6 is 0 Å². The number of rotatable bonds is 2. The van der Waals surface area contributed by atoms with Crippen LogP contribution in [0.4, 0.5) is 0 Å². The van der Waals surface area contributed by atoms with Crippen LogP contribution in [-0.2, 0) is 0 Å². The highest BCUT2D eigenvalue weighted by atomic mass is 16.1. The summed E-state index contributed by atoms with van der Waals surface area (Å²) in [4.78, 5) is 11.5. The minimum absolute atomic E-state index is 0.0292. The first-order valence-corrected chi connectivity index (χ1v) is 6.73. The van der Waals surface area contributed by atoms with Gasteiger partial charge < -0.3 is 4.57 Å². The van der Waals surface area contributed by atoms with Crippen molar-refractivity contribution in [2.45, 2.75) is 52.0 Å². The Hall–Kier alpha value is -1.56. The number of aryl methyl sites for hydroxylation is 2. The molecule has 1 aliphatic carbocycles. The number of aromatic nitrogens is 1. The average Bonchev–Trinajstić information content (AvgIpc) is 2.34. The number of pyridine rings is 1. The van der Waals surface area contributed by atoms with Gasteiger partial charge in [0.2, 0.25) is 0 Å². The molecule has 3 heteroatoms. The second kappa shape index (κ2) is 5.39. The van der Waals surface area contributed by atoms with Crippen molar-refractivity contribution in [3.05, 3.63) is 33.7 Å². The molecule has 1 fully saturated rings. The molecule has 0 saturated heterocycles. The molecule has 1 unspecified atom stereocenters. The second-order valence-corrected chi connectivity index (χ2v) is 5.32. The molecular formula is C15H20N2O. The van der Waals surface area contributed by atoms with E-state index in [-0.39, 0.29) is 11.5 Å². The third kappa shape index (κ3) is 2.48. The van der Waals surface area contributed by atoms with Gasteiger partial charge in [0, 0.05) is 23.5 Å². The maximum absolute atomic E-state index is 11.5. The van der Waals surface area contributed by atoms with Crippen molar-refractivity contribution in [3.63, 3.8) is 0 Å². The maximum Gasteiger partial charge on any atom is 0.182 e. The molecule has 1 atom stereocenters. The Kier molecular flexibility index (Phi) is 3.86. The van der Waals surface area contributed by atoms with Gasteiger partial charge in [-0.15, -0.1) is 0 Å². The van der Waals surface area contributed by atoms with E-state index in [1.165, 1.54) is 19.3 Å². The standard InChI is InChI=1S/C15H20N2O/c1-11-8-14(18)9-12(2)17(11)15(10-16)13-6-4-3-5-7-13/h8-9,13,15H,3-7H2,1-2H3. The third-order valence-corrected chi connectivity index (χ3v) is 3.97. The molecule has 18 heavy (non-hydrogen) atoms. The minimum Gasteiger partial charge on any atom is -0.332 e. The summed E-state index contributed by atoms with van der Waals surface area (Å²) in [7, 11) is 0. The molecule has 0 spiro atoms. The van der Waals surface area contributed by atoms with Gasteiger partial charge in [0.05, 0.1) is 6.07 Å². The number of hydrogen-bond donors (Lipinski definition) is 0. The fourth-order valence-corrected chi connectivity index (χ4v) is 3.13. The van der Waals surface area contributed by atoms with Crippen molar-refractivity contribution >= 4 is 0 Å². The van der Waals surface area contributed by atoms with Gasteiger partial charge in [-0.2, -0.15) is 5.26 Å². The monoisotopic (exact) mass is 244 g/mol. The van der Waals surface area contributed by atoms with Gasteiger partial charge in [-0.1, -0.05) is 19.3 Å². The van der Waals surface area contributed by atoms with Crippen LogP contribution in [0.3, 0.4) is 0 Å². The fourth-order valence-electron chi connectivity index (χ4n) is 3.13. The molecule has 3 nitrogen and oxygen atoms in total. The van der Waals surface area contributed by atoms with Gasteiger partial charge in [-0.25, -0.2) is 0 Å². The van der Waals surface area contributed by atoms with Crippen LogP contribution in [0.5, 0.6) is 0 Å². The SMILES string of the molecule is Cc1cc(=O)cc(C)n1C(C#N)C1CCCCC1. The Balaban J connectivity index is 2.39. The molecular weight excluding hydrogens is 224 g/mol. The number of nitriles is 1. The van der Waals surface area contributed by atoms with E-state index < -0.39 is 0 Å². The summed E-state index contributed by atoms with van der Waals surface area (Å²) < 4.78 is 2.04. The quantitative estimate of drug-likeness (QED) is 0.802. The lowest BCUT2D eigenvalue weighted by molar-refractivity contribution is 0.285. The van der Waals surface area contributed by atoms with Gasteiger partial charge >= 0.3 is 0 Å². The van der Waals surface area contributed by atoms with Gasteiger partial charge in [0.25, 0.3) is 0 Å². The van der Waals surface area contributed by atoms with Gasteiger partial charge in [-0.3, -0.25) is 4.79 Å². The summed E-state index contributed by atoms with van der Waals surface area (Å²) in [6, 6.07) is 5.58. The van der Waals surface area contributed by atoms with Crippen molar-refractivity contribution in [2.75, 3.05) is 0 Å². The molecule has 1 aromatic rings. The summed E-state index contributed by atoms with van der Waals surface area (Å²) in [5.74, 6) is 0.434. The van der Waals surface area contributed by atoms with Crippen LogP contribution < -0.4 is 5.43 Å². The molecule has 96 valence electrons. The van der Waals surface area contributed by atoms with E-state index in [1.807, 2.05) is 18.4 Å². The Labute approximate surface area is 108 Å². The van der Waals surface area contributed by atoms with E-state index in [0.717, 1.165) is 24.2 Å². The third-order valence-electron chi connectivity index (χ3n) is 3.97. The van der Waals surface area contributed by atoms with E-state index in [2.05, 4.69) is 6.07 Å². The summed E-state index contributed by atoms with van der Waals surface area (Å²) in [5.41, 5.74) is 1.83. The van der Waals surface area contributed by atoms with E-state index in [4.69, 9.17) is 0 Å². The molecule has 1 heterocycles. The molecule has 0 radical (unpaired) electrons. The van der Waals surface area contributed by atoms with E-state index in [1.54, 1.807) is 12.1 Å². The summed E-state index contributed by atoms with van der Waals surface area (Å²) in [6.45, 7) is 3.84. The zero-order chi connectivity index (χ0) is 13.1. The maximum atomic E-state index is 11.5. The van der Waals surface area contributed by atoms with Crippen molar-refractivity contribution in [1.82, 2.24) is 4.57 Å². The Morgan fingerprint density at radius 1 is 1.22 bits per heavy atom. The predicted octanol–water partition coefficient (Wildman–Crippen LogP) is 3.11. The van der Waals surface area contributed by atoms with Crippen LogP contribution in [0.25, 0.3) is 0 Å². The topological polar surface area (TPSA) is 45.8 Å². The smallest absolute Gasteiger partial charge is 0.182 e. The Morgan fingerprint density at radius 2 is 1.78 bits per heavy atom. The summed E-state index contributed by atoms with van der Waals surface area (Å²) >= 11 is 0. The van der Waals surface area contributed by atoms with Crippen LogP contribution in [0, 0.1) is 31.1 Å². The summed E-state index contributed by atoms with van der Waals surface area (Å²) in [6.07, 6.45) is 5.99. The fraction of sp³-hybridized carbons (Fsp3) is 0.600. The number of nitrogens with zero attached hydrogens (tertiary/aromatic N) is 2. The van der Waals surface area contributed by atoms with Crippen LogP contribution in [0.1, 0.15) is 49.5 Å². The molecule has 0 N–H and O–H groups in total. The largest absolute Gasteiger partial charge is 0.332 e. The molecule has 0 aliphatic heterocycles. The first kappa shape index (κ1) is 12.9. The lowest BCUT2D eigenvalue weighted by Crippen LogP contribution is -2.25. The highest BCUT2D eigenvalue weighted by Gasteiger charge is 2.26. The van der Waals surface area contributed by atoms with Crippen molar-refractivity contribution in [1.29, 1.82) is 5.26 Å². The molecule has 0 bridgehead atoms. The van der Waals surface area contributed by atoms with Gasteiger partial charge in [0.1, 0.15) is 6.04 Å². The van der Waals surface area contributed by atoms with Crippen LogP contribution in [0.15, 0.2) is 16.9 Å². The zero-order valence-corrected chi connectivity index (χ0v) is 11.1. The Morgan fingerprint density at radius 3 is 2.28 bits per heavy atom. The Bertz CT molecular complexity index is 492. The van der Waals surface area contributed by atoms with E-state index in [9.17, 15) is 10.1 Å².